The van der Waals surface area contributed by atoms with Crippen molar-refractivity contribution in [3.63, 3.8) is 0 Å². The third kappa shape index (κ3) is 0.807. The van der Waals surface area contributed by atoms with Crippen molar-refractivity contribution in [3.8, 4) is 0 Å². The molecule has 0 aromatic heterocycles. The van der Waals surface area contributed by atoms with E-state index in [0.717, 1.165) is 17.8 Å². The largest absolute Gasteiger partial charge is 0.396 e. The Bertz CT molecular complexity index is 162. The van der Waals surface area contributed by atoms with Gasteiger partial charge < -0.3 is 5.11 Å². The Balaban J connectivity index is 2.23. The van der Waals surface area contributed by atoms with Crippen LogP contribution in [-0.4, -0.2) is 11.7 Å². The molecule has 0 saturated heterocycles. The minimum absolute atomic E-state index is 0.267. The summed E-state index contributed by atoms with van der Waals surface area (Å²) in [6.07, 6.45) is 4.17. The molecule has 0 radical (unpaired) electrons. The van der Waals surface area contributed by atoms with Gasteiger partial charge in [-0.1, -0.05) is 13.8 Å². The van der Waals surface area contributed by atoms with Gasteiger partial charge in [0.05, 0.1) is 0 Å². The van der Waals surface area contributed by atoms with E-state index in [1.165, 1.54) is 19.3 Å². The Morgan fingerprint density at radius 2 is 2.18 bits per heavy atom. The van der Waals surface area contributed by atoms with Gasteiger partial charge in [-0.25, -0.2) is 0 Å². The molecule has 2 saturated carbocycles. The summed E-state index contributed by atoms with van der Waals surface area (Å²) in [6, 6.07) is 0. The van der Waals surface area contributed by atoms with E-state index in [2.05, 4.69) is 13.8 Å². The van der Waals surface area contributed by atoms with Crippen molar-refractivity contribution in [2.75, 3.05) is 6.61 Å². The summed E-state index contributed by atoms with van der Waals surface area (Å²) in [5.74, 6) is 2.51. The van der Waals surface area contributed by atoms with Gasteiger partial charge in [0.1, 0.15) is 0 Å². The Hall–Kier alpha value is -0.0400. The van der Waals surface area contributed by atoms with Crippen molar-refractivity contribution < 1.29 is 5.11 Å². The van der Waals surface area contributed by atoms with E-state index >= 15 is 0 Å². The molecule has 11 heavy (non-hydrogen) atoms. The first-order valence-electron chi connectivity index (χ1n) is 4.79. The lowest BCUT2D eigenvalue weighted by Gasteiger charge is -2.37. The molecule has 0 aromatic rings. The van der Waals surface area contributed by atoms with Gasteiger partial charge in [-0.3, -0.25) is 0 Å². The van der Waals surface area contributed by atoms with E-state index < -0.39 is 0 Å². The molecule has 2 aliphatic carbocycles. The highest BCUT2D eigenvalue weighted by Gasteiger charge is 2.52. The standard InChI is InChI=1S/C10H18O/c1-7-8-3-4-9(5-8)10(7,2)6-11/h7-9,11H,3-6H2,1-2H3/t7-,8-,9+,10+/m0/s1. The van der Waals surface area contributed by atoms with Crippen LogP contribution in [0.4, 0.5) is 0 Å². The SMILES string of the molecule is C[C@H]1[C@H]2CC[C@H](C2)[C@]1(C)CO. The quantitative estimate of drug-likeness (QED) is 0.613. The van der Waals surface area contributed by atoms with Crippen molar-refractivity contribution in [1.29, 1.82) is 0 Å². The van der Waals surface area contributed by atoms with Gasteiger partial charge in [-0.15, -0.1) is 0 Å². The monoisotopic (exact) mass is 154 g/mol. The number of hydrogen-bond acceptors (Lipinski definition) is 1. The highest BCUT2D eigenvalue weighted by Crippen LogP contribution is 2.58. The molecule has 0 amide bonds. The summed E-state index contributed by atoms with van der Waals surface area (Å²) in [6.45, 7) is 4.98. The molecule has 1 nitrogen and oxygen atoms in total. The molecule has 64 valence electrons. The normalized spacial score (nSPS) is 55.4. The minimum Gasteiger partial charge on any atom is -0.396 e. The molecular formula is C10H18O. The number of rotatable bonds is 1. The number of hydrogen-bond donors (Lipinski definition) is 1. The fraction of sp³-hybridized carbons (Fsp3) is 1.00. The molecular weight excluding hydrogens is 136 g/mol. The van der Waals surface area contributed by atoms with E-state index in [1.54, 1.807) is 0 Å². The average molecular weight is 154 g/mol. The van der Waals surface area contributed by atoms with Crippen LogP contribution >= 0.6 is 0 Å². The van der Waals surface area contributed by atoms with Crippen LogP contribution < -0.4 is 0 Å². The van der Waals surface area contributed by atoms with Gasteiger partial charge in [0.15, 0.2) is 0 Å². The summed E-state index contributed by atoms with van der Waals surface area (Å²) in [5, 5.41) is 9.32. The molecule has 2 bridgehead atoms. The van der Waals surface area contributed by atoms with Crippen molar-refractivity contribution in [1.82, 2.24) is 0 Å². The zero-order valence-corrected chi connectivity index (χ0v) is 7.51. The molecule has 0 spiro atoms. The van der Waals surface area contributed by atoms with Crippen LogP contribution in [0.25, 0.3) is 0 Å². The van der Waals surface area contributed by atoms with Crippen LogP contribution in [0.1, 0.15) is 33.1 Å². The zero-order valence-electron chi connectivity index (χ0n) is 7.51. The van der Waals surface area contributed by atoms with Crippen LogP contribution in [-0.2, 0) is 0 Å². The first kappa shape index (κ1) is 7.60. The third-order valence-corrected chi connectivity index (χ3v) is 4.49. The molecule has 0 unspecified atom stereocenters. The van der Waals surface area contributed by atoms with Gasteiger partial charge in [0.25, 0.3) is 0 Å². The highest BCUT2D eigenvalue weighted by molar-refractivity contribution is 5.01. The average Bonchev–Trinajstić information content (AvgIpc) is 2.56. The Labute approximate surface area is 68.8 Å². The van der Waals surface area contributed by atoms with Gasteiger partial charge in [-0.2, -0.15) is 0 Å². The molecule has 0 aromatic carbocycles. The van der Waals surface area contributed by atoms with Crippen LogP contribution in [0.15, 0.2) is 0 Å². The molecule has 2 fully saturated rings. The summed E-state index contributed by atoms with van der Waals surface area (Å²) in [7, 11) is 0. The van der Waals surface area contributed by atoms with Gasteiger partial charge in [-0.05, 0) is 42.4 Å². The lowest BCUT2D eigenvalue weighted by Crippen LogP contribution is -2.35. The minimum atomic E-state index is 0.267. The second kappa shape index (κ2) is 2.22. The fourth-order valence-corrected chi connectivity index (χ4v) is 3.25. The highest BCUT2D eigenvalue weighted by atomic mass is 16.3. The van der Waals surface area contributed by atoms with Crippen LogP contribution in [0.3, 0.4) is 0 Å². The van der Waals surface area contributed by atoms with Crippen molar-refractivity contribution in [3.05, 3.63) is 0 Å². The maximum Gasteiger partial charge on any atom is 0.0490 e. The number of fused-ring (bicyclic) bond motifs is 2. The lowest BCUT2D eigenvalue weighted by atomic mass is 9.69. The van der Waals surface area contributed by atoms with E-state index in [-0.39, 0.29) is 5.41 Å². The van der Waals surface area contributed by atoms with Crippen LogP contribution in [0.5, 0.6) is 0 Å². The van der Waals surface area contributed by atoms with Gasteiger partial charge >= 0.3 is 0 Å². The third-order valence-electron chi connectivity index (χ3n) is 4.49. The second-order valence-corrected chi connectivity index (χ2v) is 4.72. The van der Waals surface area contributed by atoms with E-state index in [4.69, 9.17) is 0 Å². The molecule has 4 atom stereocenters. The van der Waals surface area contributed by atoms with Crippen LogP contribution in [0, 0.1) is 23.2 Å². The summed E-state index contributed by atoms with van der Waals surface area (Å²) >= 11 is 0. The molecule has 1 N–H and O–H groups in total. The summed E-state index contributed by atoms with van der Waals surface area (Å²) < 4.78 is 0. The zero-order chi connectivity index (χ0) is 8.06. The first-order valence-corrected chi connectivity index (χ1v) is 4.79. The number of aliphatic hydroxyl groups is 1. The van der Waals surface area contributed by atoms with E-state index in [0.29, 0.717) is 6.61 Å². The maximum absolute atomic E-state index is 9.32. The van der Waals surface area contributed by atoms with E-state index in [1.807, 2.05) is 0 Å². The van der Waals surface area contributed by atoms with Gasteiger partial charge in [0.2, 0.25) is 0 Å². The molecule has 0 aliphatic heterocycles. The first-order chi connectivity index (χ1) is 5.18. The second-order valence-electron chi connectivity index (χ2n) is 4.72. The molecule has 2 aliphatic rings. The Morgan fingerprint density at radius 1 is 1.45 bits per heavy atom. The number of aliphatic hydroxyl groups excluding tert-OH is 1. The lowest BCUT2D eigenvalue weighted by molar-refractivity contribution is 0.0370. The van der Waals surface area contributed by atoms with E-state index in [9.17, 15) is 5.11 Å². The van der Waals surface area contributed by atoms with Gasteiger partial charge in [0, 0.05) is 6.61 Å². The fourth-order valence-electron chi connectivity index (χ4n) is 3.25. The van der Waals surface area contributed by atoms with Crippen LogP contribution in [0.2, 0.25) is 0 Å². The predicted octanol–water partition coefficient (Wildman–Crippen LogP) is 2.05. The Morgan fingerprint density at radius 3 is 2.55 bits per heavy atom. The topological polar surface area (TPSA) is 20.2 Å². The summed E-state index contributed by atoms with van der Waals surface area (Å²) in [4.78, 5) is 0. The smallest absolute Gasteiger partial charge is 0.0490 e. The molecule has 2 rings (SSSR count). The van der Waals surface area contributed by atoms with Crippen molar-refractivity contribution in [2.24, 2.45) is 23.2 Å². The maximum atomic E-state index is 9.32. The summed E-state index contributed by atoms with van der Waals surface area (Å²) in [5.41, 5.74) is 0.267. The molecule has 0 heterocycles. The predicted molar refractivity (Wildman–Crippen MR) is 45.2 cm³/mol. The van der Waals surface area contributed by atoms with Crippen molar-refractivity contribution in [2.45, 2.75) is 33.1 Å². The molecule has 1 heteroatoms. The Kier molecular flexibility index (Phi) is 1.54. The van der Waals surface area contributed by atoms with Crippen molar-refractivity contribution >= 4 is 0 Å².